The third kappa shape index (κ3) is 9.45. The molecule has 3 heterocycles. The number of ether oxygens (including phenoxy) is 5. The van der Waals surface area contributed by atoms with E-state index in [1.54, 1.807) is 26.2 Å². The van der Waals surface area contributed by atoms with Crippen molar-refractivity contribution in [2.24, 2.45) is 11.8 Å². The molecule has 0 amide bonds. The van der Waals surface area contributed by atoms with Crippen molar-refractivity contribution in [2.45, 2.75) is 128 Å². The van der Waals surface area contributed by atoms with Crippen LogP contribution in [0.2, 0.25) is 0 Å². The van der Waals surface area contributed by atoms with Crippen LogP contribution < -0.4 is 5.32 Å². The van der Waals surface area contributed by atoms with Gasteiger partial charge in [0.1, 0.15) is 29.5 Å². The number of cyclic esters (lactones) is 1. The molecule has 2 saturated heterocycles. The zero-order valence-electron chi connectivity index (χ0n) is 27.1. The number of aliphatic hydroxyl groups is 2. The van der Waals surface area contributed by atoms with Crippen LogP contribution in [0.5, 0.6) is 0 Å². The lowest BCUT2D eigenvalue weighted by Gasteiger charge is -2.39. The standard InChI is InChI=1S/C33H53NO9/c1-9-25(39-8)22(4)29-30(43-29)31-33(7,40-18-17-34-31)15-10-11-20(2)28-21(3)12-13-26(41-23(5)35)32(6,38)16-14-24(36)19-27(37)42-28/h10-13,15,21-22,24-26,28-31,34,36,38H,9,14,16-19H2,1-8H3/t21-,22+,24+,25-,26-,28+,29+,30-,31?,32+,33?/m0/s1. The molecular weight excluding hydrogens is 554 g/mol. The van der Waals surface area contributed by atoms with Crippen LogP contribution in [0.1, 0.15) is 74.1 Å². The monoisotopic (exact) mass is 607 g/mol. The summed E-state index contributed by atoms with van der Waals surface area (Å²) in [6, 6.07) is -0.0402. The van der Waals surface area contributed by atoms with Gasteiger partial charge in [-0.3, -0.25) is 9.59 Å². The molecule has 3 rings (SSSR count). The number of methoxy groups -OCH3 is 1. The molecule has 0 saturated carbocycles. The van der Waals surface area contributed by atoms with Crippen molar-refractivity contribution in [2.75, 3.05) is 20.3 Å². The van der Waals surface area contributed by atoms with Gasteiger partial charge in [-0.05, 0) is 51.7 Å². The molecule has 2 unspecified atom stereocenters. The minimum Gasteiger partial charge on any atom is -0.457 e. The summed E-state index contributed by atoms with van der Waals surface area (Å²) in [6.45, 7) is 14.3. The van der Waals surface area contributed by atoms with Gasteiger partial charge in [-0.1, -0.05) is 45.1 Å². The SMILES string of the molecule is CC[C@H](OC)[C@@H](C)[C@H]1O[C@@H]1C1NCCOC1(C)C=CC=C(C)[C@H]1OC(=O)C[C@H](O)CC[C@@](C)(O)[C@@H](OC(C)=O)C=C[C@@H]1C. The van der Waals surface area contributed by atoms with Gasteiger partial charge in [-0.15, -0.1) is 0 Å². The van der Waals surface area contributed by atoms with Crippen LogP contribution in [0.15, 0.2) is 36.0 Å². The second-order valence-corrected chi connectivity index (χ2v) is 12.8. The summed E-state index contributed by atoms with van der Waals surface area (Å²) in [5.74, 6) is -1.10. The zero-order valence-corrected chi connectivity index (χ0v) is 27.1. The molecule has 10 heteroatoms. The van der Waals surface area contributed by atoms with E-state index in [0.29, 0.717) is 6.61 Å². The Morgan fingerprint density at radius 3 is 2.65 bits per heavy atom. The predicted molar refractivity (Wildman–Crippen MR) is 162 cm³/mol. The van der Waals surface area contributed by atoms with Gasteiger partial charge in [0.15, 0.2) is 0 Å². The van der Waals surface area contributed by atoms with Gasteiger partial charge in [0.25, 0.3) is 0 Å². The minimum absolute atomic E-state index is 0.00505. The number of rotatable bonds is 9. The van der Waals surface area contributed by atoms with E-state index in [1.807, 2.05) is 39.0 Å². The molecular formula is C33H53NO9. The molecule has 0 aromatic rings. The molecule has 0 aromatic carbocycles. The van der Waals surface area contributed by atoms with Crippen LogP contribution >= 0.6 is 0 Å². The third-order valence-electron chi connectivity index (χ3n) is 9.05. The number of nitrogens with one attached hydrogen (secondary N) is 1. The first-order chi connectivity index (χ1) is 20.2. The van der Waals surface area contributed by atoms with Gasteiger partial charge in [0.05, 0.1) is 37.4 Å². The Hall–Kier alpha value is -2.08. The Balaban J connectivity index is 1.81. The van der Waals surface area contributed by atoms with Crippen LogP contribution in [0.3, 0.4) is 0 Å². The van der Waals surface area contributed by atoms with Crippen LogP contribution in [0, 0.1) is 11.8 Å². The molecule has 244 valence electrons. The molecule has 0 aromatic heterocycles. The normalized spacial score (nSPS) is 39.3. The molecule has 2 fully saturated rings. The first-order valence-electron chi connectivity index (χ1n) is 15.6. The van der Waals surface area contributed by atoms with Crippen LogP contribution in [-0.2, 0) is 33.3 Å². The maximum absolute atomic E-state index is 12.8. The lowest BCUT2D eigenvalue weighted by Crippen LogP contribution is -2.58. The van der Waals surface area contributed by atoms with Crippen molar-refractivity contribution < 1.29 is 43.5 Å². The summed E-state index contributed by atoms with van der Waals surface area (Å²) in [6.07, 6.45) is 7.93. The molecule has 0 bridgehead atoms. The maximum Gasteiger partial charge on any atom is 0.309 e. The van der Waals surface area contributed by atoms with Crippen molar-refractivity contribution in [3.05, 3.63) is 36.0 Å². The first kappa shape index (κ1) is 35.4. The van der Waals surface area contributed by atoms with E-state index in [2.05, 4.69) is 19.2 Å². The second-order valence-electron chi connectivity index (χ2n) is 12.8. The lowest BCUT2D eigenvalue weighted by atomic mass is 9.86. The number of hydrogen-bond acceptors (Lipinski definition) is 10. The minimum atomic E-state index is -1.42. The number of esters is 2. The summed E-state index contributed by atoms with van der Waals surface area (Å²) in [5, 5.41) is 25.1. The van der Waals surface area contributed by atoms with E-state index in [4.69, 9.17) is 23.7 Å². The van der Waals surface area contributed by atoms with E-state index >= 15 is 0 Å². The number of epoxide rings is 1. The Morgan fingerprint density at radius 1 is 1.28 bits per heavy atom. The topological polar surface area (TPSA) is 136 Å². The van der Waals surface area contributed by atoms with Crippen molar-refractivity contribution in [3.8, 4) is 0 Å². The highest BCUT2D eigenvalue weighted by molar-refractivity contribution is 5.70. The highest BCUT2D eigenvalue weighted by atomic mass is 16.6. The summed E-state index contributed by atoms with van der Waals surface area (Å²) >= 11 is 0. The second kappa shape index (κ2) is 15.3. The van der Waals surface area contributed by atoms with E-state index < -0.39 is 41.5 Å². The van der Waals surface area contributed by atoms with Crippen molar-refractivity contribution >= 4 is 11.9 Å². The fraction of sp³-hybridized carbons (Fsp3) is 0.758. The van der Waals surface area contributed by atoms with Gasteiger partial charge in [0, 0.05) is 32.4 Å². The van der Waals surface area contributed by atoms with Gasteiger partial charge in [0.2, 0.25) is 0 Å². The van der Waals surface area contributed by atoms with E-state index in [0.717, 1.165) is 18.5 Å². The molecule has 0 radical (unpaired) electrons. The lowest BCUT2D eigenvalue weighted by molar-refractivity contribution is -0.157. The van der Waals surface area contributed by atoms with Gasteiger partial charge < -0.3 is 39.2 Å². The van der Waals surface area contributed by atoms with E-state index in [9.17, 15) is 19.8 Å². The summed E-state index contributed by atoms with van der Waals surface area (Å²) in [4.78, 5) is 24.5. The summed E-state index contributed by atoms with van der Waals surface area (Å²) < 4.78 is 29.4. The Morgan fingerprint density at radius 2 is 2.00 bits per heavy atom. The van der Waals surface area contributed by atoms with E-state index in [1.165, 1.54) is 6.92 Å². The number of carbonyl (C=O) groups excluding carboxylic acids is 2. The van der Waals surface area contributed by atoms with Gasteiger partial charge >= 0.3 is 11.9 Å². The summed E-state index contributed by atoms with van der Waals surface area (Å²) in [5.41, 5.74) is -1.25. The van der Waals surface area contributed by atoms with Gasteiger partial charge in [-0.2, -0.15) is 0 Å². The molecule has 11 atom stereocenters. The van der Waals surface area contributed by atoms with Gasteiger partial charge in [-0.25, -0.2) is 0 Å². The molecule has 0 spiro atoms. The van der Waals surface area contributed by atoms with E-state index in [-0.39, 0.29) is 55.5 Å². The Kier molecular flexibility index (Phi) is 12.6. The number of hydrogen-bond donors (Lipinski definition) is 3. The Labute approximate surface area is 256 Å². The highest BCUT2D eigenvalue weighted by Gasteiger charge is 2.55. The maximum atomic E-state index is 12.8. The number of allylic oxidation sites excluding steroid dienone is 2. The smallest absolute Gasteiger partial charge is 0.309 e. The molecule has 10 nitrogen and oxygen atoms in total. The summed E-state index contributed by atoms with van der Waals surface area (Å²) in [7, 11) is 1.74. The number of carbonyl (C=O) groups is 2. The molecule has 3 N–H and O–H groups in total. The number of morpholine rings is 1. The molecule has 3 aliphatic rings. The predicted octanol–water partition coefficient (Wildman–Crippen LogP) is 3.40. The third-order valence-corrected chi connectivity index (χ3v) is 9.05. The van der Waals surface area contributed by atoms with Crippen LogP contribution in [-0.4, -0.2) is 96.3 Å². The Bertz CT molecular complexity index is 1040. The average molecular weight is 608 g/mol. The molecule has 43 heavy (non-hydrogen) atoms. The van der Waals surface area contributed by atoms with Crippen molar-refractivity contribution in [3.63, 3.8) is 0 Å². The zero-order chi connectivity index (χ0) is 31.9. The fourth-order valence-electron chi connectivity index (χ4n) is 6.28. The highest BCUT2D eigenvalue weighted by Crippen LogP contribution is 2.40. The van der Waals surface area contributed by atoms with Crippen LogP contribution in [0.25, 0.3) is 0 Å². The average Bonchev–Trinajstić information content (AvgIpc) is 3.73. The van der Waals surface area contributed by atoms with Crippen molar-refractivity contribution in [1.82, 2.24) is 5.32 Å². The molecule has 0 aliphatic carbocycles. The fourth-order valence-corrected chi connectivity index (χ4v) is 6.28. The molecule has 3 aliphatic heterocycles. The quantitative estimate of drug-likeness (QED) is 0.155. The largest absolute Gasteiger partial charge is 0.457 e. The van der Waals surface area contributed by atoms with Crippen molar-refractivity contribution in [1.29, 1.82) is 0 Å². The van der Waals surface area contributed by atoms with Crippen LogP contribution in [0.4, 0.5) is 0 Å². The first-order valence-corrected chi connectivity index (χ1v) is 15.6. The number of aliphatic hydroxyl groups excluding tert-OH is 1.